The van der Waals surface area contributed by atoms with E-state index in [1.54, 1.807) is 18.2 Å². The summed E-state index contributed by atoms with van der Waals surface area (Å²) in [5, 5.41) is 8.55. The molecule has 1 fully saturated rings. The molecule has 172 valence electrons. The zero-order valence-electron chi connectivity index (χ0n) is 18.5. The maximum atomic E-state index is 12.9. The van der Waals surface area contributed by atoms with Gasteiger partial charge >= 0.3 is 6.03 Å². The van der Waals surface area contributed by atoms with Gasteiger partial charge in [-0.25, -0.2) is 4.79 Å². The molecular weight excluding hydrogens is 430 g/mol. The van der Waals surface area contributed by atoms with Crippen molar-refractivity contribution in [3.63, 3.8) is 0 Å². The zero-order valence-corrected chi connectivity index (χ0v) is 18.5. The van der Waals surface area contributed by atoms with Crippen LogP contribution in [-0.2, 0) is 4.79 Å². The number of oxazole rings is 1. The summed E-state index contributed by atoms with van der Waals surface area (Å²) in [6.45, 7) is 1.40. The van der Waals surface area contributed by atoms with E-state index in [2.05, 4.69) is 25.8 Å². The van der Waals surface area contributed by atoms with Crippen LogP contribution in [-0.4, -0.2) is 30.0 Å². The van der Waals surface area contributed by atoms with Crippen LogP contribution < -0.4 is 20.9 Å². The third kappa shape index (κ3) is 5.01. The average molecular weight is 456 g/mol. The van der Waals surface area contributed by atoms with Crippen LogP contribution in [0.1, 0.15) is 12.8 Å². The Bertz CT molecular complexity index is 1260. The fourth-order valence-corrected chi connectivity index (χ4v) is 4.06. The summed E-state index contributed by atoms with van der Waals surface area (Å²) in [5.74, 6) is -0.123. The van der Waals surface area contributed by atoms with Gasteiger partial charge in [-0.3, -0.25) is 4.79 Å². The van der Waals surface area contributed by atoms with Crippen LogP contribution in [0.25, 0.3) is 11.1 Å². The van der Waals surface area contributed by atoms with Crippen LogP contribution in [0, 0.1) is 5.92 Å². The van der Waals surface area contributed by atoms with Crippen LogP contribution in [0.5, 0.6) is 0 Å². The second kappa shape index (κ2) is 9.66. The molecule has 8 heteroatoms. The summed E-state index contributed by atoms with van der Waals surface area (Å²) in [7, 11) is 0. The Morgan fingerprint density at radius 3 is 2.21 bits per heavy atom. The van der Waals surface area contributed by atoms with E-state index in [4.69, 9.17) is 4.42 Å². The second-order valence-electron chi connectivity index (χ2n) is 8.24. The van der Waals surface area contributed by atoms with E-state index in [1.165, 1.54) is 0 Å². The first-order valence-corrected chi connectivity index (χ1v) is 11.3. The molecule has 8 nitrogen and oxygen atoms in total. The van der Waals surface area contributed by atoms with E-state index in [-0.39, 0.29) is 17.9 Å². The monoisotopic (exact) mass is 455 g/mol. The smallest absolute Gasteiger partial charge is 0.323 e. The summed E-state index contributed by atoms with van der Waals surface area (Å²) in [5.41, 5.74) is 3.54. The Morgan fingerprint density at radius 1 is 0.794 bits per heavy atom. The Balaban J connectivity index is 1.14. The second-order valence-corrected chi connectivity index (χ2v) is 8.24. The normalized spacial score (nSPS) is 14.1. The summed E-state index contributed by atoms with van der Waals surface area (Å²) < 4.78 is 5.86. The maximum absolute atomic E-state index is 12.9. The molecule has 4 aromatic rings. The first kappa shape index (κ1) is 21.5. The minimum absolute atomic E-state index is 0.0249. The van der Waals surface area contributed by atoms with Crippen molar-refractivity contribution in [1.29, 1.82) is 0 Å². The van der Waals surface area contributed by atoms with Crippen molar-refractivity contribution in [2.45, 2.75) is 12.8 Å². The van der Waals surface area contributed by atoms with E-state index in [9.17, 15) is 9.59 Å². The number of benzene rings is 3. The average Bonchev–Trinajstić information content (AvgIpc) is 3.29. The fourth-order valence-electron chi connectivity index (χ4n) is 4.06. The Morgan fingerprint density at radius 2 is 1.44 bits per heavy atom. The number of aromatic nitrogens is 1. The lowest BCUT2D eigenvalue weighted by molar-refractivity contribution is -0.120. The van der Waals surface area contributed by atoms with Crippen molar-refractivity contribution in [2.75, 3.05) is 33.9 Å². The number of anilines is 4. The molecule has 34 heavy (non-hydrogen) atoms. The number of nitrogens with zero attached hydrogens (tertiary/aromatic N) is 2. The number of hydrogen-bond acceptors (Lipinski definition) is 5. The van der Waals surface area contributed by atoms with E-state index in [1.807, 2.05) is 60.7 Å². The van der Waals surface area contributed by atoms with Crippen molar-refractivity contribution >= 4 is 46.1 Å². The largest absolute Gasteiger partial charge is 0.423 e. The predicted molar refractivity (Wildman–Crippen MR) is 133 cm³/mol. The van der Waals surface area contributed by atoms with E-state index in [0.717, 1.165) is 11.1 Å². The molecule has 5 rings (SSSR count). The van der Waals surface area contributed by atoms with Crippen molar-refractivity contribution in [3.8, 4) is 0 Å². The standard InChI is InChI=1S/C26H25N5O3/c32-24(18-13-15-31(16-14-18)26-30-22-11-4-5-12-23(22)34-26)27-20-9-6-10-21(17-20)29-25(33)28-19-7-2-1-3-8-19/h1-12,17-18H,13-16H2,(H,27,32)(H2,28,29,33). The highest BCUT2D eigenvalue weighted by Crippen LogP contribution is 2.27. The molecule has 0 saturated carbocycles. The summed E-state index contributed by atoms with van der Waals surface area (Å²) in [6, 6.07) is 24.3. The summed E-state index contributed by atoms with van der Waals surface area (Å²) >= 11 is 0. The third-order valence-corrected chi connectivity index (χ3v) is 5.84. The first-order valence-electron chi connectivity index (χ1n) is 11.3. The number of nitrogens with one attached hydrogen (secondary N) is 3. The fraction of sp³-hybridized carbons (Fsp3) is 0.192. The molecule has 1 aromatic heterocycles. The number of carbonyl (C=O) groups excluding carboxylic acids is 2. The molecule has 1 aliphatic heterocycles. The van der Waals surface area contributed by atoms with Gasteiger partial charge in [0.1, 0.15) is 5.52 Å². The molecule has 0 unspecified atom stereocenters. The van der Waals surface area contributed by atoms with Crippen LogP contribution in [0.2, 0.25) is 0 Å². The molecule has 1 aliphatic rings. The van der Waals surface area contributed by atoms with Gasteiger partial charge in [-0.2, -0.15) is 4.98 Å². The van der Waals surface area contributed by atoms with Gasteiger partial charge in [0.25, 0.3) is 6.01 Å². The Kier molecular flexibility index (Phi) is 6.11. The molecule has 3 aromatic carbocycles. The molecule has 0 radical (unpaired) electrons. The molecule has 0 spiro atoms. The SMILES string of the molecule is O=C(Nc1ccccc1)Nc1cccc(NC(=O)C2CCN(c3nc4ccccc4o3)CC2)c1. The van der Waals surface area contributed by atoms with Crippen molar-refractivity contribution in [1.82, 2.24) is 4.98 Å². The van der Waals surface area contributed by atoms with Gasteiger partial charge in [0, 0.05) is 36.1 Å². The molecule has 0 bridgehead atoms. The third-order valence-electron chi connectivity index (χ3n) is 5.84. The van der Waals surface area contributed by atoms with Gasteiger partial charge in [0.15, 0.2) is 5.58 Å². The Labute approximate surface area is 197 Å². The molecule has 0 aliphatic carbocycles. The van der Waals surface area contributed by atoms with Gasteiger partial charge in [0.2, 0.25) is 5.91 Å². The lowest BCUT2D eigenvalue weighted by Crippen LogP contribution is -2.38. The topological polar surface area (TPSA) is 99.5 Å². The molecule has 3 N–H and O–H groups in total. The highest BCUT2D eigenvalue weighted by Gasteiger charge is 2.27. The molecular formula is C26H25N5O3. The molecule has 0 atom stereocenters. The van der Waals surface area contributed by atoms with Crippen LogP contribution >= 0.6 is 0 Å². The number of carbonyl (C=O) groups is 2. The molecule has 1 saturated heterocycles. The number of rotatable bonds is 5. The van der Waals surface area contributed by atoms with E-state index in [0.29, 0.717) is 49.0 Å². The van der Waals surface area contributed by atoms with Gasteiger partial charge in [-0.1, -0.05) is 36.4 Å². The zero-order chi connectivity index (χ0) is 23.3. The number of urea groups is 1. The number of piperidine rings is 1. The number of fused-ring (bicyclic) bond motifs is 1. The highest BCUT2D eigenvalue weighted by molar-refractivity contribution is 6.00. The predicted octanol–water partition coefficient (Wildman–Crippen LogP) is 5.33. The summed E-state index contributed by atoms with van der Waals surface area (Å²) in [6.07, 6.45) is 1.42. The van der Waals surface area contributed by atoms with Crippen molar-refractivity contribution in [3.05, 3.63) is 78.9 Å². The van der Waals surface area contributed by atoms with Gasteiger partial charge in [-0.15, -0.1) is 0 Å². The van der Waals surface area contributed by atoms with E-state index >= 15 is 0 Å². The van der Waals surface area contributed by atoms with Crippen molar-refractivity contribution < 1.29 is 14.0 Å². The number of hydrogen-bond donors (Lipinski definition) is 3. The highest BCUT2D eigenvalue weighted by atomic mass is 16.4. The van der Waals surface area contributed by atoms with Gasteiger partial charge in [-0.05, 0) is 55.3 Å². The number of amides is 3. The molecule has 3 amide bonds. The Hall–Kier alpha value is -4.33. The van der Waals surface area contributed by atoms with Crippen LogP contribution in [0.4, 0.5) is 27.9 Å². The lowest BCUT2D eigenvalue weighted by Gasteiger charge is -2.30. The van der Waals surface area contributed by atoms with Crippen LogP contribution in [0.15, 0.2) is 83.3 Å². The molecule has 2 heterocycles. The lowest BCUT2D eigenvalue weighted by atomic mass is 9.96. The van der Waals surface area contributed by atoms with Gasteiger partial charge < -0.3 is 25.3 Å². The minimum atomic E-state index is -0.346. The number of para-hydroxylation sites is 3. The maximum Gasteiger partial charge on any atom is 0.323 e. The van der Waals surface area contributed by atoms with Crippen molar-refractivity contribution in [2.24, 2.45) is 5.92 Å². The minimum Gasteiger partial charge on any atom is -0.423 e. The van der Waals surface area contributed by atoms with Gasteiger partial charge in [0.05, 0.1) is 0 Å². The summed E-state index contributed by atoms with van der Waals surface area (Å²) in [4.78, 5) is 31.7. The quantitative estimate of drug-likeness (QED) is 0.378. The first-order chi connectivity index (χ1) is 16.6. The van der Waals surface area contributed by atoms with Crippen LogP contribution in [0.3, 0.4) is 0 Å². The van der Waals surface area contributed by atoms with E-state index < -0.39 is 0 Å².